The molecule has 23 heavy (non-hydrogen) atoms. The summed E-state index contributed by atoms with van der Waals surface area (Å²) in [6.07, 6.45) is 5.82. The Morgan fingerprint density at radius 2 is 2.17 bits per heavy atom. The lowest BCUT2D eigenvalue weighted by atomic mass is 10.0. The van der Waals surface area contributed by atoms with E-state index in [-0.39, 0.29) is 11.9 Å². The normalized spacial score (nSPS) is 19.8. The van der Waals surface area contributed by atoms with E-state index in [4.69, 9.17) is 5.73 Å². The van der Waals surface area contributed by atoms with E-state index in [9.17, 15) is 9.18 Å². The van der Waals surface area contributed by atoms with E-state index in [1.165, 1.54) is 12.1 Å². The van der Waals surface area contributed by atoms with E-state index >= 15 is 0 Å². The number of primary amides is 1. The minimum Gasteiger partial charge on any atom is -0.368 e. The minimum atomic E-state index is -0.528. The Balaban J connectivity index is 1.83. The zero-order chi connectivity index (χ0) is 16.4. The Hall–Kier alpha value is -2.21. The Kier molecular flexibility index (Phi) is 4.43. The highest BCUT2D eigenvalue weighted by molar-refractivity contribution is 5.81. The monoisotopic (exact) mass is 316 g/mol. The maximum absolute atomic E-state index is 13.2. The van der Waals surface area contributed by atoms with Crippen molar-refractivity contribution in [2.75, 3.05) is 6.54 Å². The molecule has 0 aliphatic carbocycles. The number of amides is 1. The molecule has 0 unspecified atom stereocenters. The van der Waals surface area contributed by atoms with Gasteiger partial charge < -0.3 is 5.73 Å². The molecule has 2 heterocycles. The Morgan fingerprint density at radius 1 is 1.43 bits per heavy atom. The summed E-state index contributed by atoms with van der Waals surface area (Å²) in [5.41, 5.74) is 7.50. The zero-order valence-corrected chi connectivity index (χ0v) is 13.2. The molecule has 2 N–H and O–H groups in total. The lowest BCUT2D eigenvalue weighted by Gasteiger charge is -2.31. The summed E-state index contributed by atoms with van der Waals surface area (Å²) in [5, 5.41) is 4.33. The van der Waals surface area contributed by atoms with Gasteiger partial charge in [0.1, 0.15) is 11.9 Å². The third-order valence-electron chi connectivity index (χ3n) is 4.37. The molecule has 0 radical (unpaired) electrons. The highest BCUT2D eigenvalue weighted by Crippen LogP contribution is 2.30. The first-order chi connectivity index (χ1) is 11.0. The van der Waals surface area contributed by atoms with Gasteiger partial charge in [0.25, 0.3) is 0 Å². The summed E-state index contributed by atoms with van der Waals surface area (Å²) in [6, 6.07) is 5.67. The summed E-state index contributed by atoms with van der Waals surface area (Å²) in [5.74, 6) is -0.720. The van der Waals surface area contributed by atoms with Gasteiger partial charge in [-0.1, -0.05) is 12.1 Å². The molecule has 3 rings (SSSR count). The minimum absolute atomic E-state index is 0.192. The third-order valence-corrected chi connectivity index (χ3v) is 4.37. The van der Waals surface area contributed by atoms with Crippen LogP contribution in [-0.2, 0) is 11.3 Å². The van der Waals surface area contributed by atoms with Gasteiger partial charge >= 0.3 is 0 Å². The molecule has 0 spiro atoms. The first-order valence-electron chi connectivity index (χ1n) is 7.84. The fourth-order valence-corrected chi connectivity index (χ4v) is 3.34. The number of carbonyl (C=O) groups excluding carboxylic acids is 1. The average molecular weight is 316 g/mol. The van der Waals surface area contributed by atoms with Crippen molar-refractivity contribution >= 4 is 5.91 Å². The molecule has 6 heteroatoms. The van der Waals surface area contributed by atoms with E-state index in [1.807, 2.05) is 24.0 Å². The molecular weight excluding hydrogens is 295 g/mol. The lowest BCUT2D eigenvalue weighted by Crippen LogP contribution is -2.42. The van der Waals surface area contributed by atoms with Crippen LogP contribution in [0.5, 0.6) is 0 Å². The van der Waals surface area contributed by atoms with Crippen LogP contribution >= 0.6 is 0 Å². The van der Waals surface area contributed by atoms with Crippen LogP contribution in [0.25, 0.3) is 0 Å². The molecule has 0 bridgehead atoms. The molecule has 122 valence electrons. The number of halogens is 1. The standard InChI is InChI=1S/C17H21FN4O/c1-12-9-20-21(10-12)11-15-3-2-8-22(15)16(17(19)23)13-4-6-14(18)7-5-13/h4-7,9-10,15-16H,2-3,8,11H2,1H3,(H2,19,23)/t15-,16+/m1/s1. The molecule has 1 aromatic carbocycles. The number of carbonyl (C=O) groups is 1. The van der Waals surface area contributed by atoms with Crippen molar-refractivity contribution in [2.24, 2.45) is 5.73 Å². The number of benzene rings is 1. The lowest BCUT2D eigenvalue weighted by molar-refractivity contribution is -0.124. The Labute approximate surface area is 134 Å². The van der Waals surface area contributed by atoms with Gasteiger partial charge in [-0.25, -0.2) is 4.39 Å². The average Bonchev–Trinajstić information content (AvgIpc) is 3.11. The number of hydrogen-bond donors (Lipinski definition) is 1. The molecule has 1 saturated heterocycles. The highest BCUT2D eigenvalue weighted by atomic mass is 19.1. The van der Waals surface area contributed by atoms with Crippen LogP contribution < -0.4 is 5.73 Å². The molecule has 1 amide bonds. The fourth-order valence-electron chi connectivity index (χ4n) is 3.34. The summed E-state index contributed by atoms with van der Waals surface area (Å²) in [6.45, 7) is 3.52. The first-order valence-corrected chi connectivity index (χ1v) is 7.84. The van der Waals surface area contributed by atoms with Crippen LogP contribution in [0.3, 0.4) is 0 Å². The van der Waals surface area contributed by atoms with Gasteiger partial charge in [0, 0.05) is 12.2 Å². The quantitative estimate of drug-likeness (QED) is 0.918. The molecule has 1 fully saturated rings. The Morgan fingerprint density at radius 3 is 2.78 bits per heavy atom. The third kappa shape index (κ3) is 3.42. The number of nitrogens with two attached hydrogens (primary N) is 1. The van der Waals surface area contributed by atoms with E-state index in [0.29, 0.717) is 0 Å². The topological polar surface area (TPSA) is 64.2 Å². The van der Waals surface area contributed by atoms with Crippen molar-refractivity contribution in [3.05, 3.63) is 53.6 Å². The van der Waals surface area contributed by atoms with Crippen molar-refractivity contribution in [2.45, 2.75) is 38.4 Å². The SMILES string of the molecule is Cc1cnn(C[C@H]2CCCN2[C@H](C(N)=O)c2ccc(F)cc2)c1. The fraction of sp³-hybridized carbons (Fsp3) is 0.412. The number of nitrogens with zero attached hydrogens (tertiary/aromatic N) is 3. The van der Waals surface area contributed by atoms with Crippen LogP contribution in [0.4, 0.5) is 4.39 Å². The summed E-state index contributed by atoms with van der Waals surface area (Å²) in [7, 11) is 0. The van der Waals surface area contributed by atoms with Gasteiger partial charge in [0.2, 0.25) is 5.91 Å². The Bertz CT molecular complexity index is 682. The summed E-state index contributed by atoms with van der Waals surface area (Å²) in [4.78, 5) is 14.2. The van der Waals surface area contributed by atoms with E-state index < -0.39 is 11.9 Å². The number of hydrogen-bond acceptors (Lipinski definition) is 3. The van der Waals surface area contributed by atoms with Gasteiger partial charge in [-0.05, 0) is 49.6 Å². The second-order valence-electron chi connectivity index (χ2n) is 6.13. The molecule has 2 atom stereocenters. The summed E-state index contributed by atoms with van der Waals surface area (Å²) < 4.78 is 15.1. The van der Waals surface area contributed by atoms with Crippen LogP contribution in [-0.4, -0.2) is 33.2 Å². The number of aryl methyl sites for hydroxylation is 1. The van der Waals surface area contributed by atoms with Crippen molar-refractivity contribution in [3.63, 3.8) is 0 Å². The largest absolute Gasteiger partial charge is 0.368 e. The van der Waals surface area contributed by atoms with Gasteiger partial charge in [0.15, 0.2) is 0 Å². The van der Waals surface area contributed by atoms with E-state index in [2.05, 4.69) is 10.00 Å². The molecule has 1 aromatic heterocycles. The highest BCUT2D eigenvalue weighted by Gasteiger charge is 2.35. The van der Waals surface area contributed by atoms with Gasteiger partial charge in [-0.15, -0.1) is 0 Å². The second kappa shape index (κ2) is 6.50. The molecule has 1 aliphatic rings. The van der Waals surface area contributed by atoms with Gasteiger partial charge in [-0.2, -0.15) is 5.10 Å². The van der Waals surface area contributed by atoms with E-state index in [1.54, 1.807) is 12.1 Å². The maximum atomic E-state index is 13.2. The van der Waals surface area contributed by atoms with Crippen molar-refractivity contribution < 1.29 is 9.18 Å². The van der Waals surface area contributed by atoms with Crippen LogP contribution in [0, 0.1) is 12.7 Å². The summed E-state index contributed by atoms with van der Waals surface area (Å²) >= 11 is 0. The van der Waals surface area contributed by atoms with Crippen LogP contribution in [0.1, 0.15) is 30.0 Å². The van der Waals surface area contributed by atoms with Crippen molar-refractivity contribution in [3.8, 4) is 0 Å². The molecule has 2 aromatic rings. The van der Waals surface area contributed by atoms with Gasteiger partial charge in [-0.3, -0.25) is 14.4 Å². The smallest absolute Gasteiger partial charge is 0.239 e. The van der Waals surface area contributed by atoms with Crippen molar-refractivity contribution in [1.29, 1.82) is 0 Å². The van der Waals surface area contributed by atoms with Crippen LogP contribution in [0.15, 0.2) is 36.7 Å². The molecule has 1 aliphatic heterocycles. The van der Waals surface area contributed by atoms with Gasteiger partial charge in [0.05, 0.1) is 12.7 Å². The maximum Gasteiger partial charge on any atom is 0.239 e. The number of rotatable bonds is 5. The van der Waals surface area contributed by atoms with Crippen molar-refractivity contribution in [1.82, 2.24) is 14.7 Å². The zero-order valence-electron chi connectivity index (χ0n) is 13.2. The molecule has 0 saturated carbocycles. The first kappa shape index (κ1) is 15.7. The predicted molar refractivity (Wildman–Crippen MR) is 85.0 cm³/mol. The second-order valence-corrected chi connectivity index (χ2v) is 6.13. The molecular formula is C17H21FN4O. The predicted octanol–water partition coefficient (Wildman–Crippen LogP) is 2.02. The molecule has 5 nitrogen and oxygen atoms in total. The number of aromatic nitrogens is 2. The van der Waals surface area contributed by atoms with Crippen LogP contribution in [0.2, 0.25) is 0 Å². The van der Waals surface area contributed by atoms with E-state index in [0.717, 1.165) is 37.1 Å². The number of likely N-dealkylation sites (tertiary alicyclic amines) is 1.